The Hall–Kier alpha value is -2.37. The molecule has 17 heavy (non-hydrogen) atoms. The van der Waals surface area contributed by atoms with E-state index in [1.54, 1.807) is 18.4 Å². The predicted octanol–water partition coefficient (Wildman–Crippen LogP) is 1.25. The maximum atomic E-state index is 11.1. The van der Waals surface area contributed by atoms with Gasteiger partial charge >= 0.3 is 0 Å². The fourth-order valence-corrected chi connectivity index (χ4v) is 1.80. The molecule has 2 heterocycles. The maximum Gasteiger partial charge on any atom is 0.269 e. The summed E-state index contributed by atoms with van der Waals surface area (Å²) >= 11 is 0. The number of carbonyl (C=O) groups excluding carboxylic acids is 1. The van der Waals surface area contributed by atoms with Crippen LogP contribution in [0.15, 0.2) is 56.9 Å². The van der Waals surface area contributed by atoms with Crippen molar-refractivity contribution in [3.63, 3.8) is 0 Å². The largest absolute Gasteiger partial charge is 0.458 e. The van der Waals surface area contributed by atoms with Crippen LogP contribution in [-0.4, -0.2) is 12.7 Å². The lowest BCUT2D eigenvalue weighted by molar-refractivity contribution is -0.114. The van der Waals surface area contributed by atoms with Crippen LogP contribution >= 0.6 is 0 Å². The van der Waals surface area contributed by atoms with Gasteiger partial charge in [-0.15, -0.1) is 5.11 Å². The zero-order valence-electron chi connectivity index (χ0n) is 8.84. The molecule has 0 aromatic carbocycles. The van der Waals surface area contributed by atoms with Gasteiger partial charge in [0.25, 0.3) is 5.91 Å². The summed E-state index contributed by atoms with van der Waals surface area (Å²) in [4.78, 5) is 11.1. The summed E-state index contributed by atoms with van der Waals surface area (Å²) in [6.07, 6.45) is 5.60. The van der Waals surface area contributed by atoms with Crippen molar-refractivity contribution in [3.05, 3.63) is 46.7 Å². The van der Waals surface area contributed by atoms with Crippen LogP contribution in [0.2, 0.25) is 0 Å². The molecule has 0 fully saturated rings. The van der Waals surface area contributed by atoms with Gasteiger partial charge in [-0.1, -0.05) is 0 Å². The zero-order chi connectivity index (χ0) is 11.8. The van der Waals surface area contributed by atoms with Gasteiger partial charge in [-0.2, -0.15) is 5.11 Å². The van der Waals surface area contributed by atoms with Crippen LogP contribution in [0.1, 0.15) is 6.42 Å². The summed E-state index contributed by atoms with van der Waals surface area (Å²) < 4.78 is 10.6. The number of hydrogen-bond acceptors (Lipinski definition) is 5. The summed E-state index contributed by atoms with van der Waals surface area (Å²) in [5, 5.41) is 7.54. The van der Waals surface area contributed by atoms with Crippen LogP contribution in [0, 0.1) is 0 Å². The van der Waals surface area contributed by atoms with E-state index in [0.29, 0.717) is 12.2 Å². The lowest BCUT2D eigenvalue weighted by Crippen LogP contribution is -2.12. The van der Waals surface area contributed by atoms with E-state index >= 15 is 0 Å². The zero-order valence-corrected chi connectivity index (χ0v) is 8.84. The van der Waals surface area contributed by atoms with Crippen molar-refractivity contribution in [2.45, 2.75) is 6.42 Å². The van der Waals surface area contributed by atoms with E-state index in [0.717, 1.165) is 16.9 Å². The first-order valence-corrected chi connectivity index (χ1v) is 5.06. The second-order valence-corrected chi connectivity index (χ2v) is 3.73. The van der Waals surface area contributed by atoms with Crippen LogP contribution in [0.25, 0.3) is 0 Å². The molecule has 0 aromatic rings. The minimum Gasteiger partial charge on any atom is -0.458 e. The number of rotatable bonds is 1. The van der Waals surface area contributed by atoms with Crippen molar-refractivity contribution in [1.82, 2.24) is 0 Å². The van der Waals surface area contributed by atoms with E-state index in [-0.39, 0.29) is 12.5 Å². The second-order valence-electron chi connectivity index (χ2n) is 3.73. The highest BCUT2D eigenvalue weighted by Gasteiger charge is 2.25. The number of carbonyl (C=O) groups is 1. The average molecular weight is 231 g/mol. The van der Waals surface area contributed by atoms with Crippen LogP contribution < -0.4 is 5.73 Å². The number of fused-ring (bicyclic) bond motifs is 1. The smallest absolute Gasteiger partial charge is 0.269 e. The first kappa shape index (κ1) is 9.83. The van der Waals surface area contributed by atoms with Gasteiger partial charge in [0, 0.05) is 6.42 Å². The van der Waals surface area contributed by atoms with E-state index in [1.807, 2.05) is 0 Å². The summed E-state index contributed by atoms with van der Waals surface area (Å²) in [5.41, 5.74) is 7.07. The van der Waals surface area contributed by atoms with Crippen molar-refractivity contribution < 1.29 is 14.3 Å². The molecule has 0 bridgehead atoms. The van der Waals surface area contributed by atoms with E-state index in [4.69, 9.17) is 15.2 Å². The molecule has 0 saturated heterocycles. The van der Waals surface area contributed by atoms with E-state index < -0.39 is 5.91 Å². The topological polar surface area (TPSA) is 86.3 Å². The minimum absolute atomic E-state index is 0.130. The van der Waals surface area contributed by atoms with Crippen LogP contribution in [-0.2, 0) is 14.3 Å². The van der Waals surface area contributed by atoms with Crippen molar-refractivity contribution in [2.75, 3.05) is 6.79 Å². The molecule has 3 rings (SSSR count). The Morgan fingerprint density at radius 3 is 3.06 bits per heavy atom. The SMILES string of the molecule is NC(=O)C1=CC2=CC3=C(CC2=CN=N1)OCO3. The number of primary amides is 1. The highest BCUT2D eigenvalue weighted by molar-refractivity contribution is 5.92. The molecule has 0 unspecified atom stereocenters. The maximum absolute atomic E-state index is 11.1. The molecule has 3 aliphatic rings. The molecule has 86 valence electrons. The Labute approximate surface area is 96.8 Å². The number of hydrogen-bond donors (Lipinski definition) is 1. The Morgan fingerprint density at radius 2 is 2.24 bits per heavy atom. The molecular weight excluding hydrogens is 222 g/mol. The third-order valence-electron chi connectivity index (χ3n) is 2.65. The summed E-state index contributed by atoms with van der Waals surface area (Å²) in [7, 11) is 0. The number of ether oxygens (including phenoxy) is 2. The summed E-state index contributed by atoms with van der Waals surface area (Å²) in [5.74, 6) is 0.873. The lowest BCUT2D eigenvalue weighted by Gasteiger charge is -2.12. The fraction of sp³-hybridized carbons (Fsp3) is 0.182. The van der Waals surface area contributed by atoms with Gasteiger partial charge in [0.05, 0.1) is 6.20 Å². The first-order chi connectivity index (χ1) is 8.24. The van der Waals surface area contributed by atoms with Crippen molar-refractivity contribution in [3.8, 4) is 0 Å². The monoisotopic (exact) mass is 231 g/mol. The molecule has 6 nitrogen and oxygen atoms in total. The molecule has 2 aliphatic heterocycles. The molecule has 1 aliphatic carbocycles. The molecule has 1 amide bonds. The number of nitrogens with two attached hydrogens (primary N) is 1. The molecule has 0 spiro atoms. The molecule has 0 atom stereocenters. The van der Waals surface area contributed by atoms with Crippen molar-refractivity contribution >= 4 is 5.91 Å². The summed E-state index contributed by atoms with van der Waals surface area (Å²) in [6.45, 7) is 0.232. The normalized spacial score (nSPS) is 21.3. The fourth-order valence-electron chi connectivity index (χ4n) is 1.80. The molecular formula is C11H9N3O3. The minimum atomic E-state index is -0.604. The molecule has 0 aromatic heterocycles. The van der Waals surface area contributed by atoms with Gasteiger partial charge in [0.2, 0.25) is 6.79 Å². The Bertz CT molecular complexity index is 552. The molecule has 2 N–H and O–H groups in total. The van der Waals surface area contributed by atoms with Crippen LogP contribution in [0.3, 0.4) is 0 Å². The van der Waals surface area contributed by atoms with E-state index in [9.17, 15) is 4.79 Å². The van der Waals surface area contributed by atoms with Crippen LogP contribution in [0.4, 0.5) is 0 Å². The van der Waals surface area contributed by atoms with Crippen LogP contribution in [0.5, 0.6) is 0 Å². The third-order valence-corrected chi connectivity index (χ3v) is 2.65. The highest BCUT2D eigenvalue weighted by Crippen LogP contribution is 2.35. The molecule has 0 saturated carbocycles. The molecule has 6 heteroatoms. The quantitative estimate of drug-likeness (QED) is 0.736. The third kappa shape index (κ3) is 1.63. The van der Waals surface area contributed by atoms with Gasteiger partial charge in [-0.3, -0.25) is 4.79 Å². The van der Waals surface area contributed by atoms with E-state index in [1.165, 1.54) is 0 Å². The van der Waals surface area contributed by atoms with Gasteiger partial charge in [0.15, 0.2) is 11.5 Å². The highest BCUT2D eigenvalue weighted by atomic mass is 16.7. The Balaban J connectivity index is 2.05. The molecule has 0 radical (unpaired) electrons. The van der Waals surface area contributed by atoms with Gasteiger partial charge < -0.3 is 15.2 Å². The first-order valence-electron chi connectivity index (χ1n) is 5.06. The standard InChI is InChI=1S/C11H9N3O3/c12-11(15)8-1-6-2-9-10(17-5-16-9)3-7(6)4-13-14-8/h1-2,4H,3,5H2,(H2,12,15). The lowest BCUT2D eigenvalue weighted by atomic mass is 9.96. The van der Waals surface area contributed by atoms with Gasteiger partial charge in [0.1, 0.15) is 5.76 Å². The van der Waals surface area contributed by atoms with Crippen molar-refractivity contribution in [1.29, 1.82) is 0 Å². The van der Waals surface area contributed by atoms with E-state index in [2.05, 4.69) is 10.2 Å². The van der Waals surface area contributed by atoms with Gasteiger partial charge in [-0.05, 0) is 23.3 Å². The van der Waals surface area contributed by atoms with Crippen molar-refractivity contribution in [2.24, 2.45) is 16.0 Å². The Kier molecular flexibility index (Phi) is 2.07. The number of nitrogens with zero attached hydrogens (tertiary/aromatic N) is 2. The number of allylic oxidation sites excluding steroid dienone is 4. The summed E-state index contributed by atoms with van der Waals surface area (Å²) in [6, 6.07) is 0. The number of amides is 1. The number of azo groups is 1. The Morgan fingerprint density at radius 1 is 1.35 bits per heavy atom. The van der Waals surface area contributed by atoms with Gasteiger partial charge in [-0.25, -0.2) is 0 Å². The second kappa shape index (κ2) is 3.58. The predicted molar refractivity (Wildman–Crippen MR) is 57.0 cm³/mol. The average Bonchev–Trinajstić information content (AvgIpc) is 2.63.